The monoisotopic (exact) mass is 357 g/mol. The molecule has 5 heteroatoms. The molecule has 0 spiro atoms. The van der Waals surface area contributed by atoms with Crippen LogP contribution in [0.15, 0.2) is 36.4 Å². The van der Waals surface area contributed by atoms with Gasteiger partial charge in [0.25, 0.3) is 0 Å². The summed E-state index contributed by atoms with van der Waals surface area (Å²) in [6.45, 7) is 3.34. The zero-order valence-electron chi connectivity index (χ0n) is 15.0. The number of carbonyl (C=O) groups excluding carboxylic acids is 1. The summed E-state index contributed by atoms with van der Waals surface area (Å²) in [5.74, 6) is 0.179. The number of hydrogen-bond donors (Lipinski definition) is 1. The first kappa shape index (κ1) is 18.2. The van der Waals surface area contributed by atoms with Gasteiger partial charge in [-0.3, -0.25) is 4.79 Å². The fraction of sp³-hybridized carbons (Fsp3) is 0.381. The average Bonchev–Trinajstić information content (AvgIpc) is 2.66. The fourth-order valence-corrected chi connectivity index (χ4v) is 3.11. The number of fused-ring (bicyclic) bond motifs is 1. The number of esters is 1. The van der Waals surface area contributed by atoms with E-state index in [1.54, 1.807) is 13.0 Å². The number of ether oxygens (including phenoxy) is 2. The Hall–Kier alpha value is -2.56. The molecule has 0 unspecified atom stereocenters. The lowest BCUT2D eigenvalue weighted by molar-refractivity contribution is -0.143. The van der Waals surface area contributed by atoms with Crippen molar-refractivity contribution in [2.75, 3.05) is 18.5 Å². The quantitative estimate of drug-likeness (QED) is 0.752. The third-order valence-electron chi connectivity index (χ3n) is 4.45. The third kappa shape index (κ3) is 4.54. The first-order chi connectivity index (χ1) is 12.7. The Kier molecular flexibility index (Phi) is 6.10. The molecule has 0 atom stereocenters. The van der Waals surface area contributed by atoms with Crippen molar-refractivity contribution in [2.45, 2.75) is 39.2 Å². The van der Waals surface area contributed by atoms with Crippen LogP contribution in [0.4, 0.5) is 10.1 Å². The second-order valence-electron chi connectivity index (χ2n) is 6.34. The Bertz CT molecular complexity index is 776. The van der Waals surface area contributed by atoms with Crippen molar-refractivity contribution in [3.63, 3.8) is 0 Å². The van der Waals surface area contributed by atoms with Crippen molar-refractivity contribution in [3.05, 3.63) is 58.9 Å². The zero-order chi connectivity index (χ0) is 18.4. The van der Waals surface area contributed by atoms with E-state index in [0.717, 1.165) is 36.4 Å². The summed E-state index contributed by atoms with van der Waals surface area (Å²) in [6.07, 6.45) is 2.68. The molecule has 0 saturated carbocycles. The maximum absolute atomic E-state index is 14.3. The Morgan fingerprint density at radius 2 is 2.15 bits per heavy atom. The smallest absolute Gasteiger partial charge is 0.306 e. The molecule has 2 aromatic rings. The van der Waals surface area contributed by atoms with E-state index in [0.29, 0.717) is 25.2 Å². The molecule has 1 aliphatic rings. The fourth-order valence-electron chi connectivity index (χ4n) is 3.11. The highest BCUT2D eigenvalue weighted by Crippen LogP contribution is 2.32. The van der Waals surface area contributed by atoms with E-state index in [-0.39, 0.29) is 18.2 Å². The lowest BCUT2D eigenvalue weighted by atomic mass is 10.0. The lowest BCUT2D eigenvalue weighted by Crippen LogP contribution is -2.13. The molecule has 0 aliphatic carbocycles. The van der Waals surface area contributed by atoms with Gasteiger partial charge in [-0.05, 0) is 55.0 Å². The summed E-state index contributed by atoms with van der Waals surface area (Å²) < 4.78 is 25.1. The van der Waals surface area contributed by atoms with Crippen molar-refractivity contribution >= 4 is 11.7 Å². The van der Waals surface area contributed by atoms with Gasteiger partial charge in [0, 0.05) is 13.0 Å². The zero-order valence-corrected chi connectivity index (χ0v) is 15.0. The minimum absolute atomic E-state index is 0.183. The molecule has 1 aliphatic heterocycles. The second kappa shape index (κ2) is 8.70. The van der Waals surface area contributed by atoms with Gasteiger partial charge in [-0.2, -0.15) is 0 Å². The molecule has 2 aromatic carbocycles. The SMILES string of the molecule is CCOC(=O)CCc1ccc(COc2cccc3c2NCCC3)cc1F. The predicted molar refractivity (Wildman–Crippen MR) is 98.9 cm³/mol. The van der Waals surface area contributed by atoms with Gasteiger partial charge in [0.2, 0.25) is 0 Å². The summed E-state index contributed by atoms with van der Waals surface area (Å²) in [7, 11) is 0. The number of para-hydroxylation sites is 1. The summed E-state index contributed by atoms with van der Waals surface area (Å²) in [5, 5.41) is 3.38. The van der Waals surface area contributed by atoms with Crippen molar-refractivity contribution in [2.24, 2.45) is 0 Å². The molecule has 0 aromatic heterocycles. The number of benzene rings is 2. The van der Waals surface area contributed by atoms with Gasteiger partial charge in [-0.1, -0.05) is 24.3 Å². The van der Waals surface area contributed by atoms with Gasteiger partial charge in [0.15, 0.2) is 0 Å². The Morgan fingerprint density at radius 3 is 2.96 bits per heavy atom. The van der Waals surface area contributed by atoms with Crippen molar-refractivity contribution < 1.29 is 18.7 Å². The molecular weight excluding hydrogens is 333 g/mol. The van der Waals surface area contributed by atoms with Gasteiger partial charge in [-0.25, -0.2) is 4.39 Å². The van der Waals surface area contributed by atoms with Crippen LogP contribution in [0.3, 0.4) is 0 Å². The number of halogens is 1. The average molecular weight is 357 g/mol. The van der Waals surface area contributed by atoms with E-state index >= 15 is 0 Å². The predicted octanol–water partition coefficient (Wildman–Crippen LogP) is 4.26. The number of anilines is 1. The minimum Gasteiger partial charge on any atom is -0.487 e. The summed E-state index contributed by atoms with van der Waals surface area (Å²) in [5.41, 5.74) is 3.58. The van der Waals surface area contributed by atoms with Crippen LogP contribution in [0, 0.1) is 5.82 Å². The van der Waals surface area contributed by atoms with Crippen molar-refractivity contribution in [3.8, 4) is 5.75 Å². The van der Waals surface area contributed by atoms with Gasteiger partial charge in [-0.15, -0.1) is 0 Å². The molecule has 0 amide bonds. The molecule has 26 heavy (non-hydrogen) atoms. The van der Waals surface area contributed by atoms with E-state index in [1.807, 2.05) is 18.2 Å². The van der Waals surface area contributed by atoms with Gasteiger partial charge in [0.05, 0.1) is 12.3 Å². The number of nitrogens with one attached hydrogen (secondary N) is 1. The molecular formula is C21H24FNO3. The molecule has 138 valence electrons. The van der Waals surface area contributed by atoms with Gasteiger partial charge in [0.1, 0.15) is 18.2 Å². The molecule has 0 radical (unpaired) electrons. The molecule has 0 bridgehead atoms. The van der Waals surface area contributed by atoms with Crippen LogP contribution in [0.5, 0.6) is 5.75 Å². The van der Waals surface area contributed by atoms with Crippen LogP contribution in [0.2, 0.25) is 0 Å². The number of rotatable bonds is 7. The normalized spacial score (nSPS) is 12.8. The first-order valence-corrected chi connectivity index (χ1v) is 9.09. The van der Waals surface area contributed by atoms with E-state index in [2.05, 4.69) is 11.4 Å². The van der Waals surface area contributed by atoms with E-state index in [4.69, 9.17) is 9.47 Å². The maximum Gasteiger partial charge on any atom is 0.306 e. The topological polar surface area (TPSA) is 47.6 Å². The first-order valence-electron chi connectivity index (χ1n) is 9.09. The molecule has 3 rings (SSSR count). The van der Waals surface area contributed by atoms with E-state index in [1.165, 1.54) is 11.6 Å². The Labute approximate surface area is 153 Å². The molecule has 0 saturated heterocycles. The van der Waals surface area contributed by atoms with E-state index < -0.39 is 0 Å². The van der Waals surface area contributed by atoms with Gasteiger partial charge >= 0.3 is 5.97 Å². The van der Waals surface area contributed by atoms with Crippen molar-refractivity contribution in [1.29, 1.82) is 0 Å². The molecule has 4 nitrogen and oxygen atoms in total. The van der Waals surface area contributed by atoms with Crippen LogP contribution >= 0.6 is 0 Å². The van der Waals surface area contributed by atoms with Gasteiger partial charge < -0.3 is 14.8 Å². The third-order valence-corrected chi connectivity index (χ3v) is 4.45. The molecule has 1 N–H and O–H groups in total. The number of hydrogen-bond acceptors (Lipinski definition) is 4. The van der Waals surface area contributed by atoms with Crippen LogP contribution in [-0.2, 0) is 29.0 Å². The standard InChI is InChI=1S/C21H24FNO3/c1-2-25-20(24)11-10-16-9-8-15(13-18(16)22)14-26-19-7-3-5-17-6-4-12-23-21(17)19/h3,5,7-9,13,23H,2,4,6,10-12,14H2,1H3. The number of aryl methyl sites for hydroxylation is 2. The minimum atomic E-state index is -0.316. The maximum atomic E-state index is 14.3. The van der Waals surface area contributed by atoms with Crippen LogP contribution in [0.1, 0.15) is 36.5 Å². The lowest BCUT2D eigenvalue weighted by Gasteiger charge is -2.21. The Morgan fingerprint density at radius 1 is 1.27 bits per heavy atom. The van der Waals surface area contributed by atoms with E-state index in [9.17, 15) is 9.18 Å². The highest BCUT2D eigenvalue weighted by molar-refractivity contribution is 5.69. The van der Waals surface area contributed by atoms with Crippen LogP contribution in [0.25, 0.3) is 0 Å². The van der Waals surface area contributed by atoms with Crippen LogP contribution < -0.4 is 10.1 Å². The largest absolute Gasteiger partial charge is 0.487 e. The van der Waals surface area contributed by atoms with Crippen LogP contribution in [-0.4, -0.2) is 19.1 Å². The second-order valence-corrected chi connectivity index (χ2v) is 6.34. The van der Waals surface area contributed by atoms with Crippen molar-refractivity contribution in [1.82, 2.24) is 0 Å². The summed E-state index contributed by atoms with van der Waals surface area (Å²) in [6, 6.07) is 11.1. The summed E-state index contributed by atoms with van der Waals surface area (Å²) >= 11 is 0. The summed E-state index contributed by atoms with van der Waals surface area (Å²) in [4.78, 5) is 11.4. The molecule has 0 fully saturated rings. The highest BCUT2D eigenvalue weighted by Gasteiger charge is 2.14. The highest BCUT2D eigenvalue weighted by atomic mass is 19.1. The number of carbonyl (C=O) groups is 1. The Balaban J connectivity index is 1.61. The molecule has 1 heterocycles.